The van der Waals surface area contributed by atoms with Crippen molar-refractivity contribution in [3.05, 3.63) is 59.4 Å². The van der Waals surface area contributed by atoms with Gasteiger partial charge in [0.1, 0.15) is 5.82 Å². The fourth-order valence-electron chi connectivity index (χ4n) is 1.78. The first kappa shape index (κ1) is 13.2. The summed E-state index contributed by atoms with van der Waals surface area (Å²) in [5, 5.41) is 0. The molecular formula is C15H8F4. The van der Waals surface area contributed by atoms with Gasteiger partial charge in [0.2, 0.25) is 0 Å². The zero-order valence-corrected chi connectivity index (χ0v) is 9.63. The van der Waals surface area contributed by atoms with Crippen LogP contribution < -0.4 is 0 Å². The predicted molar refractivity (Wildman–Crippen MR) is 64.8 cm³/mol. The number of rotatable bonds is 1. The fourth-order valence-corrected chi connectivity index (χ4v) is 1.78. The summed E-state index contributed by atoms with van der Waals surface area (Å²) in [6.07, 6.45) is 0.604. The molecule has 0 amide bonds. The van der Waals surface area contributed by atoms with Gasteiger partial charge in [-0.1, -0.05) is 24.1 Å². The number of halogens is 4. The van der Waals surface area contributed by atoms with Gasteiger partial charge in [-0.05, 0) is 29.8 Å². The van der Waals surface area contributed by atoms with Crippen LogP contribution in [0.3, 0.4) is 0 Å². The Morgan fingerprint density at radius 3 is 2.21 bits per heavy atom. The Morgan fingerprint density at radius 2 is 1.63 bits per heavy atom. The van der Waals surface area contributed by atoms with Crippen molar-refractivity contribution in [2.45, 2.75) is 6.18 Å². The third kappa shape index (κ3) is 2.60. The van der Waals surface area contributed by atoms with Crippen LogP contribution in [0.2, 0.25) is 0 Å². The predicted octanol–water partition coefficient (Wildman–Crippen LogP) is 4.49. The molecule has 0 unspecified atom stereocenters. The van der Waals surface area contributed by atoms with Crippen LogP contribution >= 0.6 is 0 Å². The summed E-state index contributed by atoms with van der Waals surface area (Å²) >= 11 is 0. The van der Waals surface area contributed by atoms with E-state index < -0.39 is 17.6 Å². The molecule has 2 aromatic carbocycles. The van der Waals surface area contributed by atoms with Crippen molar-refractivity contribution < 1.29 is 17.6 Å². The Balaban J connectivity index is 2.74. The quantitative estimate of drug-likeness (QED) is 0.525. The highest BCUT2D eigenvalue weighted by molar-refractivity contribution is 5.70. The van der Waals surface area contributed by atoms with E-state index in [4.69, 9.17) is 6.42 Å². The minimum atomic E-state index is -4.56. The van der Waals surface area contributed by atoms with Gasteiger partial charge in [-0.2, -0.15) is 13.2 Å². The number of terminal acetylenes is 1. The average molecular weight is 264 g/mol. The minimum absolute atomic E-state index is 0.119. The van der Waals surface area contributed by atoms with E-state index in [-0.39, 0.29) is 16.7 Å². The summed E-state index contributed by atoms with van der Waals surface area (Å²) in [6.45, 7) is 0. The molecule has 0 fully saturated rings. The molecule has 0 aliphatic rings. The van der Waals surface area contributed by atoms with E-state index in [1.54, 1.807) is 0 Å². The lowest BCUT2D eigenvalue weighted by atomic mass is 9.96. The maximum atomic E-state index is 13.7. The zero-order chi connectivity index (χ0) is 14.0. The second kappa shape index (κ2) is 4.77. The van der Waals surface area contributed by atoms with Crippen molar-refractivity contribution in [3.63, 3.8) is 0 Å². The first-order valence-corrected chi connectivity index (χ1v) is 5.36. The van der Waals surface area contributed by atoms with Crippen LogP contribution in [-0.4, -0.2) is 0 Å². The van der Waals surface area contributed by atoms with Crippen molar-refractivity contribution >= 4 is 0 Å². The highest BCUT2D eigenvalue weighted by Gasteiger charge is 2.34. The van der Waals surface area contributed by atoms with Gasteiger partial charge in [0, 0.05) is 11.1 Å². The Morgan fingerprint density at radius 1 is 0.947 bits per heavy atom. The van der Waals surface area contributed by atoms with Crippen LogP contribution in [-0.2, 0) is 6.18 Å². The summed E-state index contributed by atoms with van der Waals surface area (Å²) in [5.74, 6) is 1.53. The molecule has 0 N–H and O–H groups in total. The molecule has 4 heteroatoms. The number of benzene rings is 2. The molecule has 2 aromatic rings. The van der Waals surface area contributed by atoms with E-state index >= 15 is 0 Å². The highest BCUT2D eigenvalue weighted by Crippen LogP contribution is 2.38. The number of hydrogen-bond donors (Lipinski definition) is 0. The lowest BCUT2D eigenvalue weighted by Crippen LogP contribution is -2.07. The van der Waals surface area contributed by atoms with Gasteiger partial charge < -0.3 is 0 Å². The monoisotopic (exact) mass is 264 g/mol. The Hall–Kier alpha value is -2.28. The van der Waals surface area contributed by atoms with E-state index in [0.717, 1.165) is 12.1 Å². The molecule has 0 bridgehead atoms. The van der Waals surface area contributed by atoms with Crippen LogP contribution in [0.1, 0.15) is 11.1 Å². The second-order valence-electron chi connectivity index (χ2n) is 3.88. The van der Waals surface area contributed by atoms with Crippen LogP contribution in [0.4, 0.5) is 17.6 Å². The lowest BCUT2D eigenvalue weighted by Gasteiger charge is -2.14. The Kier molecular flexibility index (Phi) is 3.30. The maximum absolute atomic E-state index is 13.7. The van der Waals surface area contributed by atoms with Crippen LogP contribution in [0.15, 0.2) is 42.5 Å². The van der Waals surface area contributed by atoms with Gasteiger partial charge in [0.05, 0.1) is 5.56 Å². The van der Waals surface area contributed by atoms with Crippen LogP contribution in [0.5, 0.6) is 0 Å². The van der Waals surface area contributed by atoms with Crippen LogP contribution in [0.25, 0.3) is 11.1 Å². The van der Waals surface area contributed by atoms with E-state index in [1.807, 2.05) is 0 Å². The lowest BCUT2D eigenvalue weighted by molar-refractivity contribution is -0.137. The van der Waals surface area contributed by atoms with Crippen molar-refractivity contribution in [3.8, 4) is 23.5 Å². The first-order valence-electron chi connectivity index (χ1n) is 5.36. The van der Waals surface area contributed by atoms with Crippen molar-refractivity contribution in [1.82, 2.24) is 0 Å². The van der Waals surface area contributed by atoms with Gasteiger partial charge in [-0.3, -0.25) is 0 Å². The molecule has 0 saturated heterocycles. The van der Waals surface area contributed by atoms with Crippen molar-refractivity contribution in [2.24, 2.45) is 0 Å². The summed E-state index contributed by atoms with van der Waals surface area (Å²) in [7, 11) is 0. The van der Waals surface area contributed by atoms with Gasteiger partial charge >= 0.3 is 6.18 Å². The topological polar surface area (TPSA) is 0 Å². The van der Waals surface area contributed by atoms with Crippen molar-refractivity contribution in [1.29, 1.82) is 0 Å². The first-order chi connectivity index (χ1) is 8.93. The van der Waals surface area contributed by atoms with Gasteiger partial charge in [-0.15, -0.1) is 6.42 Å². The SMILES string of the molecule is C#Cc1ccc(C(F)(F)F)c(-c2ccccc2F)c1. The summed E-state index contributed by atoms with van der Waals surface area (Å²) < 4.78 is 52.4. The molecule has 0 aliphatic heterocycles. The van der Waals surface area contributed by atoms with Gasteiger partial charge in [-0.25, -0.2) is 4.39 Å². The molecule has 0 aromatic heterocycles. The molecule has 96 valence electrons. The molecule has 0 saturated carbocycles. The summed E-state index contributed by atoms with van der Waals surface area (Å²) in [6, 6.07) is 8.52. The molecule has 2 rings (SSSR count). The molecular weight excluding hydrogens is 256 g/mol. The van der Waals surface area contributed by atoms with Gasteiger partial charge in [0.15, 0.2) is 0 Å². The largest absolute Gasteiger partial charge is 0.417 e. The normalized spacial score (nSPS) is 11.1. The molecule has 0 nitrogen and oxygen atoms in total. The van der Waals surface area contributed by atoms with E-state index in [0.29, 0.717) is 0 Å². The van der Waals surface area contributed by atoms with Crippen LogP contribution in [0, 0.1) is 18.2 Å². The Labute approximate surface area is 107 Å². The van der Waals surface area contributed by atoms with Gasteiger partial charge in [0.25, 0.3) is 0 Å². The fraction of sp³-hybridized carbons (Fsp3) is 0.0667. The van der Waals surface area contributed by atoms with E-state index in [2.05, 4.69) is 5.92 Å². The van der Waals surface area contributed by atoms with E-state index in [1.165, 1.54) is 30.3 Å². The standard InChI is InChI=1S/C15H8F4/c1-2-10-7-8-13(15(17,18)19)12(9-10)11-5-3-4-6-14(11)16/h1,3-9H. The number of hydrogen-bond acceptors (Lipinski definition) is 0. The smallest absolute Gasteiger partial charge is 0.206 e. The second-order valence-corrected chi connectivity index (χ2v) is 3.88. The molecule has 0 aliphatic carbocycles. The third-order valence-electron chi connectivity index (χ3n) is 2.66. The zero-order valence-electron chi connectivity index (χ0n) is 9.63. The third-order valence-corrected chi connectivity index (χ3v) is 2.66. The molecule has 19 heavy (non-hydrogen) atoms. The molecule has 0 atom stereocenters. The number of alkyl halides is 3. The Bertz CT molecular complexity index is 648. The molecule has 0 spiro atoms. The molecule has 0 heterocycles. The van der Waals surface area contributed by atoms with E-state index in [9.17, 15) is 17.6 Å². The van der Waals surface area contributed by atoms with Crippen molar-refractivity contribution in [2.75, 3.05) is 0 Å². The average Bonchev–Trinajstić information content (AvgIpc) is 2.37. The summed E-state index contributed by atoms with van der Waals surface area (Å²) in [4.78, 5) is 0. The highest BCUT2D eigenvalue weighted by atomic mass is 19.4. The summed E-state index contributed by atoms with van der Waals surface area (Å²) in [5.41, 5.74) is -1.00. The minimum Gasteiger partial charge on any atom is -0.206 e. The maximum Gasteiger partial charge on any atom is 0.417 e. The molecule has 0 radical (unpaired) electrons.